The van der Waals surface area contributed by atoms with Crippen LogP contribution in [0, 0.1) is 0 Å². The van der Waals surface area contributed by atoms with Gasteiger partial charge >= 0.3 is 0 Å². The fraction of sp³-hybridized carbons (Fsp3) is 0.556. The fourth-order valence-corrected chi connectivity index (χ4v) is 3.67. The molecule has 0 spiro atoms. The van der Waals surface area contributed by atoms with Gasteiger partial charge in [0.05, 0.1) is 11.2 Å². The van der Waals surface area contributed by atoms with E-state index in [1.54, 1.807) is 0 Å². The molecule has 0 aromatic carbocycles. The number of nitrogens with zero attached hydrogens (tertiary/aromatic N) is 4. The number of pyridine rings is 1. The molecule has 2 aromatic rings. The van der Waals surface area contributed by atoms with Crippen LogP contribution in [-0.4, -0.2) is 70.0 Å². The number of rotatable bonds is 3. The van der Waals surface area contributed by atoms with Crippen LogP contribution in [-0.2, 0) is 16.1 Å². The number of amides is 1. The van der Waals surface area contributed by atoms with Gasteiger partial charge in [0.2, 0.25) is 5.91 Å². The summed E-state index contributed by atoms with van der Waals surface area (Å²) in [5, 5.41) is 0. The Hall–Kier alpha value is -1.96. The molecule has 0 aliphatic carbocycles. The number of piperazine rings is 1. The number of carbonyl (C=O) groups is 1. The first-order chi connectivity index (χ1) is 12.1. The van der Waals surface area contributed by atoms with Gasteiger partial charge in [-0.25, -0.2) is 4.98 Å². The third-order valence-corrected chi connectivity index (χ3v) is 5.27. The van der Waals surface area contributed by atoms with E-state index in [0.717, 1.165) is 44.1 Å². The van der Waals surface area contributed by atoms with Gasteiger partial charge in [-0.2, -0.15) is 0 Å². The van der Waals surface area contributed by atoms with Gasteiger partial charge in [-0.15, -0.1) is 0 Å². The molecule has 0 atom stereocenters. The van der Waals surface area contributed by atoms with Crippen LogP contribution in [0.15, 0.2) is 30.6 Å². The maximum Gasteiger partial charge on any atom is 0.242 e. The molecule has 7 nitrogen and oxygen atoms in total. The Kier molecular flexibility index (Phi) is 4.45. The van der Waals surface area contributed by atoms with Crippen LogP contribution in [0.1, 0.15) is 18.5 Å². The Morgan fingerprint density at radius 2 is 1.96 bits per heavy atom. The second-order valence-corrected chi connectivity index (χ2v) is 7.04. The zero-order valence-corrected chi connectivity index (χ0v) is 14.4. The highest BCUT2D eigenvalue weighted by Crippen LogP contribution is 2.21. The van der Waals surface area contributed by atoms with Gasteiger partial charge in [0.1, 0.15) is 5.65 Å². The van der Waals surface area contributed by atoms with E-state index in [4.69, 9.17) is 10.5 Å². The van der Waals surface area contributed by atoms with Gasteiger partial charge < -0.3 is 19.8 Å². The van der Waals surface area contributed by atoms with Crippen LogP contribution in [0.2, 0.25) is 0 Å². The summed E-state index contributed by atoms with van der Waals surface area (Å²) >= 11 is 0. The summed E-state index contributed by atoms with van der Waals surface area (Å²) in [6.45, 7) is 5.13. The quantitative estimate of drug-likeness (QED) is 0.878. The molecular formula is C18H25N5O2. The summed E-state index contributed by atoms with van der Waals surface area (Å²) in [7, 11) is 0. The fourth-order valence-electron chi connectivity index (χ4n) is 3.67. The standard InChI is InChI=1S/C18H25N5O2/c19-18(4-11-25-12-5-18)17(24)22-9-7-21(8-10-22)13-15-14-23-6-2-1-3-16(23)20-15/h1-3,6,14H,4-5,7-13,19H2. The van der Waals surface area contributed by atoms with Crippen LogP contribution in [0.25, 0.3) is 5.65 Å². The number of hydrogen-bond acceptors (Lipinski definition) is 5. The Balaban J connectivity index is 1.34. The van der Waals surface area contributed by atoms with Gasteiger partial charge in [-0.1, -0.05) is 6.07 Å². The van der Waals surface area contributed by atoms with Gasteiger partial charge in [0.25, 0.3) is 0 Å². The van der Waals surface area contributed by atoms with Crippen molar-refractivity contribution in [3.8, 4) is 0 Å². The zero-order valence-electron chi connectivity index (χ0n) is 14.4. The number of carbonyl (C=O) groups excluding carboxylic acids is 1. The molecule has 2 fully saturated rings. The third kappa shape index (κ3) is 3.40. The van der Waals surface area contributed by atoms with Crippen molar-refractivity contribution in [1.82, 2.24) is 19.2 Å². The molecule has 4 rings (SSSR count). The number of imidazole rings is 1. The summed E-state index contributed by atoms with van der Waals surface area (Å²) in [6, 6.07) is 6.01. The van der Waals surface area contributed by atoms with E-state index >= 15 is 0 Å². The minimum absolute atomic E-state index is 0.0863. The Bertz CT molecular complexity index is 712. The molecule has 25 heavy (non-hydrogen) atoms. The first kappa shape index (κ1) is 16.5. The second kappa shape index (κ2) is 6.74. The highest BCUT2D eigenvalue weighted by atomic mass is 16.5. The molecule has 1 amide bonds. The molecular weight excluding hydrogens is 318 g/mol. The van der Waals surface area contributed by atoms with E-state index in [1.807, 2.05) is 33.7 Å². The van der Waals surface area contributed by atoms with E-state index in [1.165, 1.54) is 0 Å². The number of nitrogens with two attached hydrogens (primary N) is 1. The number of fused-ring (bicyclic) bond motifs is 1. The largest absolute Gasteiger partial charge is 0.381 e. The van der Waals surface area contributed by atoms with E-state index < -0.39 is 5.54 Å². The average molecular weight is 343 g/mol. The minimum atomic E-state index is -0.734. The van der Waals surface area contributed by atoms with E-state index in [0.29, 0.717) is 26.1 Å². The Morgan fingerprint density at radius 1 is 1.20 bits per heavy atom. The Morgan fingerprint density at radius 3 is 2.68 bits per heavy atom. The van der Waals surface area contributed by atoms with Crippen LogP contribution in [0.3, 0.4) is 0 Å². The summed E-state index contributed by atoms with van der Waals surface area (Å²) in [4.78, 5) is 21.7. The monoisotopic (exact) mass is 343 g/mol. The van der Waals surface area contributed by atoms with Crippen molar-refractivity contribution in [3.63, 3.8) is 0 Å². The SMILES string of the molecule is NC1(C(=O)N2CCN(Cc3cn4ccccc4n3)CC2)CCOCC1. The van der Waals surface area contributed by atoms with Crippen molar-refractivity contribution in [2.75, 3.05) is 39.4 Å². The maximum atomic E-state index is 12.8. The number of ether oxygens (including phenoxy) is 1. The van der Waals surface area contributed by atoms with E-state index in [9.17, 15) is 4.79 Å². The molecule has 0 saturated carbocycles. The minimum Gasteiger partial charge on any atom is -0.381 e. The first-order valence-corrected chi connectivity index (χ1v) is 8.95. The lowest BCUT2D eigenvalue weighted by atomic mass is 9.89. The highest BCUT2D eigenvalue weighted by Gasteiger charge is 2.39. The van der Waals surface area contributed by atoms with Crippen LogP contribution < -0.4 is 5.73 Å². The predicted molar refractivity (Wildman–Crippen MR) is 94.0 cm³/mol. The predicted octanol–water partition coefficient (Wildman–Crippen LogP) is 0.486. The van der Waals surface area contributed by atoms with Gasteiger partial charge in [-0.3, -0.25) is 9.69 Å². The lowest BCUT2D eigenvalue weighted by Gasteiger charge is -2.40. The summed E-state index contributed by atoms with van der Waals surface area (Å²) < 4.78 is 7.38. The number of hydrogen-bond donors (Lipinski definition) is 1. The van der Waals surface area contributed by atoms with Gasteiger partial charge in [-0.05, 0) is 25.0 Å². The normalized spacial score (nSPS) is 21.6. The second-order valence-electron chi connectivity index (χ2n) is 7.04. The molecule has 2 aromatic heterocycles. The van der Waals surface area contributed by atoms with Crippen LogP contribution in [0.4, 0.5) is 0 Å². The lowest BCUT2D eigenvalue weighted by Crippen LogP contribution is -2.61. The third-order valence-electron chi connectivity index (χ3n) is 5.27. The zero-order chi connectivity index (χ0) is 17.3. The van der Waals surface area contributed by atoms with Gasteiger partial charge in [0, 0.05) is 58.3 Å². The van der Waals surface area contributed by atoms with Crippen molar-refractivity contribution < 1.29 is 9.53 Å². The first-order valence-electron chi connectivity index (χ1n) is 8.95. The molecule has 0 radical (unpaired) electrons. The van der Waals surface area contributed by atoms with Crippen molar-refractivity contribution in [2.24, 2.45) is 5.73 Å². The molecule has 2 aliphatic heterocycles. The van der Waals surface area contributed by atoms with Crippen molar-refractivity contribution in [3.05, 3.63) is 36.3 Å². The average Bonchev–Trinajstić information content (AvgIpc) is 3.04. The molecule has 134 valence electrons. The maximum absolute atomic E-state index is 12.8. The molecule has 2 saturated heterocycles. The molecule has 4 heterocycles. The van der Waals surface area contributed by atoms with Crippen LogP contribution >= 0.6 is 0 Å². The Labute approximate surface area is 147 Å². The van der Waals surface area contributed by atoms with Crippen molar-refractivity contribution in [2.45, 2.75) is 24.9 Å². The number of aromatic nitrogens is 2. The lowest BCUT2D eigenvalue weighted by molar-refractivity contribution is -0.142. The summed E-state index contributed by atoms with van der Waals surface area (Å²) in [5.41, 5.74) is 7.63. The molecule has 2 N–H and O–H groups in total. The molecule has 0 unspecified atom stereocenters. The summed E-state index contributed by atoms with van der Waals surface area (Å²) in [5.74, 6) is 0.0863. The van der Waals surface area contributed by atoms with E-state index in [-0.39, 0.29) is 5.91 Å². The van der Waals surface area contributed by atoms with Gasteiger partial charge in [0.15, 0.2) is 0 Å². The van der Waals surface area contributed by atoms with Crippen LogP contribution in [0.5, 0.6) is 0 Å². The van der Waals surface area contributed by atoms with Crippen molar-refractivity contribution >= 4 is 11.6 Å². The molecule has 7 heteroatoms. The van der Waals surface area contributed by atoms with E-state index in [2.05, 4.69) is 16.1 Å². The highest BCUT2D eigenvalue weighted by molar-refractivity contribution is 5.86. The molecule has 0 bridgehead atoms. The topological polar surface area (TPSA) is 76.1 Å². The smallest absolute Gasteiger partial charge is 0.242 e. The summed E-state index contributed by atoms with van der Waals surface area (Å²) in [6.07, 6.45) is 5.32. The van der Waals surface area contributed by atoms with Crippen molar-refractivity contribution in [1.29, 1.82) is 0 Å². The molecule has 2 aliphatic rings.